The van der Waals surface area contributed by atoms with Crippen molar-refractivity contribution in [2.24, 2.45) is 0 Å². The average molecular weight is 1450 g/mol. The molecule has 99 heavy (non-hydrogen) atoms. The van der Waals surface area contributed by atoms with Crippen molar-refractivity contribution in [1.82, 2.24) is 0 Å². The monoisotopic (exact) mass is 1450 g/mol. The van der Waals surface area contributed by atoms with Gasteiger partial charge in [0, 0.05) is 25.7 Å². The van der Waals surface area contributed by atoms with Crippen LogP contribution in [0.25, 0.3) is 0 Å². The molecule has 0 rings (SSSR count). The molecule has 5 atom stereocenters. The van der Waals surface area contributed by atoms with Gasteiger partial charge in [-0.15, -0.1) is 0 Å². The third-order valence-corrected chi connectivity index (χ3v) is 20.8. The van der Waals surface area contributed by atoms with Gasteiger partial charge in [-0.25, -0.2) is 9.13 Å². The number of hydrogen-bond acceptors (Lipinski definition) is 15. The van der Waals surface area contributed by atoms with Gasteiger partial charge in [0.1, 0.15) is 19.3 Å². The molecule has 0 heterocycles. The van der Waals surface area contributed by atoms with Crippen LogP contribution in [0, 0.1) is 0 Å². The molecule has 588 valence electrons. The Morgan fingerprint density at radius 2 is 0.404 bits per heavy atom. The number of phosphoric ester groups is 2. The fourth-order valence-corrected chi connectivity index (χ4v) is 14.0. The minimum atomic E-state index is -4.96. The summed E-state index contributed by atoms with van der Waals surface area (Å²) >= 11 is 0. The molecule has 0 radical (unpaired) electrons. The summed E-state index contributed by atoms with van der Waals surface area (Å²) < 4.78 is 68.7. The van der Waals surface area contributed by atoms with Gasteiger partial charge in [-0.2, -0.15) is 0 Å². The number of unbranched alkanes of at least 4 members (excludes halogenated alkanes) is 55. The Bertz CT molecular complexity index is 1880. The third-order valence-electron chi connectivity index (χ3n) is 18.9. The molecule has 17 nitrogen and oxygen atoms in total. The van der Waals surface area contributed by atoms with Crippen LogP contribution in [-0.2, 0) is 65.4 Å². The Hall–Kier alpha value is -1.94. The number of hydrogen-bond donors (Lipinski definition) is 3. The van der Waals surface area contributed by atoms with Gasteiger partial charge in [0.05, 0.1) is 26.4 Å². The summed E-state index contributed by atoms with van der Waals surface area (Å²) in [7, 11) is -9.91. The van der Waals surface area contributed by atoms with Gasteiger partial charge >= 0.3 is 39.5 Å². The Morgan fingerprint density at radius 3 is 0.596 bits per heavy atom. The maximum absolute atomic E-state index is 13.1. The van der Waals surface area contributed by atoms with Crippen LogP contribution >= 0.6 is 15.6 Å². The SMILES string of the molecule is CCCCCCCCCCCCCCCCCCCCC(=O)OC[C@H](COP(=O)(O)OC[C@@H](O)COP(=O)(O)OC[C@@H](COC(=O)CCCCCCCCCCC)OC(=O)CCCCCCCCCCCCCCCC)OC(=O)CCCCCCCCCCCCCCCCCCCC. The first-order valence-electron chi connectivity index (χ1n) is 41.8. The zero-order valence-electron chi connectivity index (χ0n) is 64.5. The molecule has 0 fully saturated rings. The van der Waals surface area contributed by atoms with Crippen LogP contribution in [0.5, 0.6) is 0 Å². The van der Waals surface area contributed by atoms with Crippen molar-refractivity contribution in [3.8, 4) is 0 Å². The molecule has 0 saturated carbocycles. The highest BCUT2D eigenvalue weighted by molar-refractivity contribution is 7.47. The predicted octanol–water partition coefficient (Wildman–Crippen LogP) is 24.2. The van der Waals surface area contributed by atoms with Crippen LogP contribution < -0.4 is 0 Å². The fourth-order valence-electron chi connectivity index (χ4n) is 12.5. The number of aliphatic hydroxyl groups is 1. The van der Waals surface area contributed by atoms with Crippen molar-refractivity contribution in [2.45, 2.75) is 451 Å². The lowest BCUT2D eigenvalue weighted by molar-refractivity contribution is -0.161. The molecule has 0 saturated heterocycles. The van der Waals surface area contributed by atoms with Crippen molar-refractivity contribution in [1.29, 1.82) is 0 Å². The van der Waals surface area contributed by atoms with Gasteiger partial charge in [0.15, 0.2) is 12.2 Å². The average Bonchev–Trinajstić information content (AvgIpc) is 1.08. The highest BCUT2D eigenvalue weighted by Crippen LogP contribution is 2.45. The van der Waals surface area contributed by atoms with Crippen molar-refractivity contribution >= 4 is 39.5 Å². The summed E-state index contributed by atoms with van der Waals surface area (Å²) in [6.45, 7) is 5.01. The van der Waals surface area contributed by atoms with Crippen molar-refractivity contribution in [3.63, 3.8) is 0 Å². The minimum absolute atomic E-state index is 0.109. The molecule has 0 aliphatic carbocycles. The van der Waals surface area contributed by atoms with E-state index in [-0.39, 0.29) is 25.7 Å². The van der Waals surface area contributed by atoms with E-state index in [1.807, 2.05) is 0 Å². The van der Waals surface area contributed by atoms with E-state index in [2.05, 4.69) is 27.7 Å². The van der Waals surface area contributed by atoms with E-state index in [0.717, 1.165) is 89.9 Å². The maximum atomic E-state index is 13.1. The highest BCUT2D eigenvalue weighted by atomic mass is 31.2. The summed E-state index contributed by atoms with van der Waals surface area (Å²) in [5.41, 5.74) is 0. The summed E-state index contributed by atoms with van der Waals surface area (Å²) in [6, 6.07) is 0. The molecule has 0 aromatic heterocycles. The van der Waals surface area contributed by atoms with Gasteiger partial charge < -0.3 is 33.8 Å². The van der Waals surface area contributed by atoms with Crippen LogP contribution in [0.4, 0.5) is 0 Å². The Morgan fingerprint density at radius 1 is 0.242 bits per heavy atom. The third kappa shape index (κ3) is 74.1. The molecule has 19 heteroatoms. The molecule has 2 unspecified atom stereocenters. The number of carbonyl (C=O) groups excluding carboxylic acids is 4. The minimum Gasteiger partial charge on any atom is -0.462 e. The van der Waals surface area contributed by atoms with Crippen LogP contribution in [0.1, 0.15) is 432 Å². The molecular weight excluding hydrogens is 1290 g/mol. The molecule has 0 spiro atoms. The molecule has 0 aliphatic rings. The number of esters is 4. The lowest BCUT2D eigenvalue weighted by atomic mass is 10.0. The smallest absolute Gasteiger partial charge is 0.462 e. The van der Waals surface area contributed by atoms with Crippen molar-refractivity contribution < 1.29 is 80.2 Å². The van der Waals surface area contributed by atoms with E-state index in [0.29, 0.717) is 25.7 Å². The zero-order valence-corrected chi connectivity index (χ0v) is 66.3. The first kappa shape index (κ1) is 97.1. The zero-order chi connectivity index (χ0) is 72.5. The highest BCUT2D eigenvalue weighted by Gasteiger charge is 2.30. The van der Waals surface area contributed by atoms with Crippen LogP contribution in [-0.4, -0.2) is 96.7 Å². The summed E-state index contributed by atoms with van der Waals surface area (Å²) in [5.74, 6) is -2.11. The van der Waals surface area contributed by atoms with Gasteiger partial charge in [0.2, 0.25) is 0 Å². The predicted molar refractivity (Wildman–Crippen MR) is 405 cm³/mol. The lowest BCUT2D eigenvalue weighted by Crippen LogP contribution is -2.30. The number of aliphatic hydroxyl groups excluding tert-OH is 1. The van der Waals surface area contributed by atoms with E-state index in [1.165, 1.54) is 263 Å². The number of rotatable bonds is 81. The second-order valence-corrected chi connectivity index (χ2v) is 31.7. The first-order valence-corrected chi connectivity index (χ1v) is 44.8. The molecule has 0 aliphatic heterocycles. The van der Waals surface area contributed by atoms with E-state index >= 15 is 0 Å². The first-order chi connectivity index (χ1) is 48.2. The summed E-state index contributed by atoms with van der Waals surface area (Å²) in [4.78, 5) is 72.9. The Balaban J connectivity index is 5.21. The molecule has 0 bridgehead atoms. The molecule has 0 aromatic rings. The van der Waals surface area contributed by atoms with Gasteiger partial charge in [-0.3, -0.25) is 37.3 Å². The Labute approximate surface area is 607 Å². The number of phosphoric acid groups is 2. The van der Waals surface area contributed by atoms with Crippen LogP contribution in [0.3, 0.4) is 0 Å². The largest absolute Gasteiger partial charge is 0.472 e. The van der Waals surface area contributed by atoms with Crippen molar-refractivity contribution in [2.75, 3.05) is 39.6 Å². The van der Waals surface area contributed by atoms with Gasteiger partial charge in [-0.05, 0) is 25.7 Å². The Kier molecular flexibility index (Phi) is 72.9. The number of carbonyl (C=O) groups is 4. The van der Waals surface area contributed by atoms with E-state index in [9.17, 15) is 43.2 Å². The van der Waals surface area contributed by atoms with E-state index < -0.39 is 97.5 Å². The van der Waals surface area contributed by atoms with E-state index in [4.69, 9.17) is 37.0 Å². The van der Waals surface area contributed by atoms with Gasteiger partial charge in [0.25, 0.3) is 0 Å². The fraction of sp³-hybridized carbons (Fsp3) is 0.950. The van der Waals surface area contributed by atoms with Crippen LogP contribution in [0.2, 0.25) is 0 Å². The molecule has 0 amide bonds. The quantitative estimate of drug-likeness (QED) is 0.0222. The standard InChI is InChI=1S/C80H156O17P2/c1-5-9-13-17-21-25-28-31-34-36-38-40-43-45-49-53-57-61-65-78(83)91-71-76(97-80(85)67-63-59-55-51-47-44-41-39-37-35-32-29-26-22-18-14-10-6-2)73-95-99(88,89)93-69-74(81)68-92-98(86,87)94-72-75(70-90-77(82)64-60-56-52-48-24-20-16-12-8-4)96-79(84)66-62-58-54-50-46-42-33-30-27-23-19-15-11-7-3/h74-76,81H,5-73H2,1-4H3,(H,86,87)(H,88,89)/t74-,75+,76+/m0/s1. The van der Waals surface area contributed by atoms with Gasteiger partial charge in [-0.1, -0.05) is 381 Å². The lowest BCUT2D eigenvalue weighted by Gasteiger charge is -2.21. The van der Waals surface area contributed by atoms with Crippen molar-refractivity contribution in [3.05, 3.63) is 0 Å². The summed E-state index contributed by atoms with van der Waals surface area (Å²) in [5, 5.41) is 10.6. The second kappa shape index (κ2) is 74.3. The molecule has 3 N–H and O–H groups in total. The molecule has 0 aromatic carbocycles. The van der Waals surface area contributed by atoms with Crippen LogP contribution in [0.15, 0.2) is 0 Å². The summed E-state index contributed by atoms with van der Waals surface area (Å²) in [6.07, 6.45) is 66.6. The maximum Gasteiger partial charge on any atom is 0.472 e. The number of ether oxygens (including phenoxy) is 4. The molecular formula is C80H156O17P2. The normalized spacial score (nSPS) is 13.8. The second-order valence-electron chi connectivity index (χ2n) is 28.8. The van der Waals surface area contributed by atoms with E-state index in [1.54, 1.807) is 0 Å². The topological polar surface area (TPSA) is 237 Å².